The molecule has 0 saturated carbocycles. The SMILES string of the molecule is COc1cc([C@H]2C(C(C)=O)=C(C)Nc3ncnn32)ccc1O. The third-order valence-electron chi connectivity index (χ3n) is 3.69. The molecule has 1 atom stereocenters. The molecule has 2 heterocycles. The van der Waals surface area contributed by atoms with Crippen molar-refractivity contribution in [3.63, 3.8) is 0 Å². The van der Waals surface area contributed by atoms with Crippen LogP contribution in [0.1, 0.15) is 25.5 Å². The van der Waals surface area contributed by atoms with Crippen molar-refractivity contribution in [1.82, 2.24) is 14.8 Å². The Hall–Kier alpha value is -2.83. The molecule has 7 nitrogen and oxygen atoms in total. The zero-order valence-electron chi connectivity index (χ0n) is 12.5. The molecular weight excluding hydrogens is 284 g/mol. The van der Waals surface area contributed by atoms with Crippen LogP contribution in [-0.2, 0) is 4.79 Å². The summed E-state index contributed by atoms with van der Waals surface area (Å²) < 4.78 is 6.80. The fourth-order valence-electron chi connectivity index (χ4n) is 2.72. The third-order valence-corrected chi connectivity index (χ3v) is 3.69. The Kier molecular flexibility index (Phi) is 3.32. The summed E-state index contributed by atoms with van der Waals surface area (Å²) in [5.41, 5.74) is 2.13. The first-order valence-electron chi connectivity index (χ1n) is 6.78. The highest BCUT2D eigenvalue weighted by Gasteiger charge is 2.31. The van der Waals surface area contributed by atoms with Crippen LogP contribution in [0.4, 0.5) is 5.95 Å². The van der Waals surface area contributed by atoms with Crippen LogP contribution in [0.3, 0.4) is 0 Å². The number of carbonyl (C=O) groups excluding carboxylic acids is 1. The van der Waals surface area contributed by atoms with Gasteiger partial charge in [-0.2, -0.15) is 10.1 Å². The average Bonchev–Trinajstić information content (AvgIpc) is 2.94. The number of anilines is 1. The topological polar surface area (TPSA) is 89.3 Å². The van der Waals surface area contributed by atoms with Gasteiger partial charge in [0.1, 0.15) is 12.4 Å². The molecule has 114 valence electrons. The molecule has 0 radical (unpaired) electrons. The number of rotatable bonds is 3. The Bertz CT molecular complexity index is 779. The van der Waals surface area contributed by atoms with E-state index in [9.17, 15) is 9.90 Å². The molecule has 2 N–H and O–H groups in total. The van der Waals surface area contributed by atoms with Crippen molar-refractivity contribution in [3.8, 4) is 11.5 Å². The molecule has 0 fully saturated rings. The first kappa shape index (κ1) is 14.1. The van der Waals surface area contributed by atoms with Crippen LogP contribution in [-0.4, -0.2) is 32.8 Å². The lowest BCUT2D eigenvalue weighted by atomic mass is 9.93. The second kappa shape index (κ2) is 5.18. The summed E-state index contributed by atoms with van der Waals surface area (Å²) in [5.74, 6) is 0.907. The molecule has 0 unspecified atom stereocenters. The van der Waals surface area contributed by atoms with Crippen LogP contribution in [0.25, 0.3) is 0 Å². The highest BCUT2D eigenvalue weighted by Crippen LogP contribution is 2.38. The molecule has 0 spiro atoms. The summed E-state index contributed by atoms with van der Waals surface area (Å²) in [4.78, 5) is 16.3. The molecule has 22 heavy (non-hydrogen) atoms. The number of hydrogen-bond acceptors (Lipinski definition) is 6. The van der Waals surface area contributed by atoms with Crippen molar-refractivity contribution < 1.29 is 14.6 Å². The molecular formula is C15H16N4O3. The molecule has 0 bridgehead atoms. The molecule has 0 saturated heterocycles. The van der Waals surface area contributed by atoms with Gasteiger partial charge in [-0.05, 0) is 31.5 Å². The van der Waals surface area contributed by atoms with E-state index in [2.05, 4.69) is 15.4 Å². The number of ketones is 1. The van der Waals surface area contributed by atoms with Gasteiger partial charge in [-0.25, -0.2) is 4.68 Å². The first-order valence-corrected chi connectivity index (χ1v) is 6.78. The summed E-state index contributed by atoms with van der Waals surface area (Å²) in [7, 11) is 1.48. The maximum absolute atomic E-state index is 12.1. The lowest BCUT2D eigenvalue weighted by molar-refractivity contribution is -0.114. The average molecular weight is 300 g/mol. The number of phenols is 1. The summed E-state index contributed by atoms with van der Waals surface area (Å²) >= 11 is 0. The maximum atomic E-state index is 12.1. The molecule has 1 aromatic heterocycles. The van der Waals surface area contributed by atoms with E-state index in [1.165, 1.54) is 20.4 Å². The Morgan fingerprint density at radius 1 is 1.45 bits per heavy atom. The number of nitrogens with one attached hydrogen (secondary N) is 1. The molecule has 0 aliphatic carbocycles. The van der Waals surface area contributed by atoms with E-state index in [1.54, 1.807) is 22.9 Å². The number of aromatic nitrogens is 3. The molecule has 1 aromatic carbocycles. The Morgan fingerprint density at radius 3 is 2.91 bits per heavy atom. The predicted octanol–water partition coefficient (Wildman–Crippen LogP) is 1.87. The van der Waals surface area contributed by atoms with Gasteiger partial charge >= 0.3 is 0 Å². The van der Waals surface area contributed by atoms with E-state index in [-0.39, 0.29) is 11.5 Å². The quantitative estimate of drug-likeness (QED) is 0.899. The molecule has 7 heteroatoms. The van der Waals surface area contributed by atoms with Gasteiger partial charge in [0.05, 0.1) is 7.11 Å². The zero-order valence-corrected chi connectivity index (χ0v) is 12.5. The van der Waals surface area contributed by atoms with Crippen LogP contribution < -0.4 is 10.1 Å². The van der Waals surface area contributed by atoms with Crippen molar-refractivity contribution in [3.05, 3.63) is 41.4 Å². The van der Waals surface area contributed by atoms with E-state index in [0.29, 0.717) is 17.3 Å². The van der Waals surface area contributed by atoms with E-state index in [0.717, 1.165) is 11.3 Å². The van der Waals surface area contributed by atoms with Gasteiger partial charge in [-0.1, -0.05) is 6.07 Å². The minimum absolute atomic E-state index is 0.0454. The largest absolute Gasteiger partial charge is 0.504 e. The summed E-state index contributed by atoms with van der Waals surface area (Å²) in [6.07, 6.45) is 1.43. The zero-order chi connectivity index (χ0) is 15.9. The molecule has 1 aliphatic heterocycles. The van der Waals surface area contributed by atoms with E-state index < -0.39 is 6.04 Å². The van der Waals surface area contributed by atoms with E-state index >= 15 is 0 Å². The second-order valence-electron chi connectivity index (χ2n) is 5.08. The number of phenolic OH excluding ortho intramolecular Hbond substituents is 1. The van der Waals surface area contributed by atoms with Gasteiger partial charge in [-0.3, -0.25) is 4.79 Å². The predicted molar refractivity (Wildman–Crippen MR) is 79.8 cm³/mol. The number of aromatic hydroxyl groups is 1. The third kappa shape index (κ3) is 2.11. The summed E-state index contributed by atoms with van der Waals surface area (Å²) in [6.45, 7) is 3.35. The van der Waals surface area contributed by atoms with Crippen LogP contribution in [0.15, 0.2) is 35.8 Å². The number of ether oxygens (including phenoxy) is 1. The molecule has 1 aliphatic rings. The van der Waals surface area contributed by atoms with Gasteiger partial charge in [0, 0.05) is 11.3 Å². The summed E-state index contributed by atoms with van der Waals surface area (Å²) in [5, 5.41) is 17.1. The Morgan fingerprint density at radius 2 is 2.23 bits per heavy atom. The van der Waals surface area contributed by atoms with Gasteiger partial charge in [0.2, 0.25) is 5.95 Å². The highest BCUT2D eigenvalue weighted by molar-refractivity contribution is 5.96. The normalized spacial score (nSPS) is 17.0. The van der Waals surface area contributed by atoms with Crippen molar-refractivity contribution >= 4 is 11.7 Å². The van der Waals surface area contributed by atoms with E-state index in [4.69, 9.17) is 4.74 Å². The van der Waals surface area contributed by atoms with Gasteiger partial charge < -0.3 is 15.2 Å². The monoisotopic (exact) mass is 300 g/mol. The molecule has 3 rings (SSSR count). The lowest BCUT2D eigenvalue weighted by Gasteiger charge is -2.28. The van der Waals surface area contributed by atoms with Crippen LogP contribution in [0.2, 0.25) is 0 Å². The number of allylic oxidation sites excluding steroid dienone is 2. The van der Waals surface area contributed by atoms with Crippen LogP contribution in [0.5, 0.6) is 11.5 Å². The lowest BCUT2D eigenvalue weighted by Crippen LogP contribution is -2.27. The van der Waals surface area contributed by atoms with E-state index in [1.807, 2.05) is 6.92 Å². The minimum Gasteiger partial charge on any atom is -0.504 e. The van der Waals surface area contributed by atoms with Gasteiger partial charge in [0.25, 0.3) is 0 Å². The van der Waals surface area contributed by atoms with Gasteiger partial charge in [-0.15, -0.1) is 0 Å². The van der Waals surface area contributed by atoms with Crippen LogP contribution in [0, 0.1) is 0 Å². The second-order valence-corrected chi connectivity index (χ2v) is 5.08. The molecule has 2 aromatic rings. The van der Waals surface area contributed by atoms with Crippen molar-refractivity contribution in [2.45, 2.75) is 19.9 Å². The van der Waals surface area contributed by atoms with Gasteiger partial charge in [0.15, 0.2) is 17.3 Å². The summed E-state index contributed by atoms with van der Waals surface area (Å²) in [6, 6.07) is 4.58. The standard InChI is InChI=1S/C15H16N4O3/c1-8-13(9(2)20)14(19-15(18-8)16-7-17-19)10-4-5-11(21)12(6-10)22-3/h4-7,14,21H,1-3H3,(H,16,17,18)/t14-/m0/s1. The minimum atomic E-state index is -0.411. The number of carbonyl (C=O) groups is 1. The van der Waals surface area contributed by atoms with Crippen molar-refractivity contribution in [2.75, 3.05) is 12.4 Å². The number of fused-ring (bicyclic) bond motifs is 1. The number of methoxy groups -OCH3 is 1. The number of benzene rings is 1. The van der Waals surface area contributed by atoms with Crippen LogP contribution >= 0.6 is 0 Å². The fraction of sp³-hybridized carbons (Fsp3) is 0.267. The number of hydrogen-bond donors (Lipinski definition) is 2. The van der Waals surface area contributed by atoms with Crippen molar-refractivity contribution in [2.24, 2.45) is 0 Å². The number of nitrogens with zero attached hydrogens (tertiary/aromatic N) is 3. The fourth-order valence-corrected chi connectivity index (χ4v) is 2.72. The maximum Gasteiger partial charge on any atom is 0.226 e. The van der Waals surface area contributed by atoms with Crippen molar-refractivity contribution in [1.29, 1.82) is 0 Å². The number of Topliss-reactive ketones (excluding diaryl/α,β-unsaturated/α-hetero) is 1. The smallest absolute Gasteiger partial charge is 0.226 e. The Labute approximate surface area is 127 Å². The highest BCUT2D eigenvalue weighted by atomic mass is 16.5. The Balaban J connectivity index is 2.20. The first-order chi connectivity index (χ1) is 10.5. The molecule has 0 amide bonds.